The second-order valence-electron chi connectivity index (χ2n) is 7.72. The van der Waals surface area contributed by atoms with Crippen LogP contribution in [0.3, 0.4) is 0 Å². The van der Waals surface area contributed by atoms with E-state index in [4.69, 9.17) is 4.74 Å². The molecule has 0 bridgehead atoms. The Balaban J connectivity index is 1.85. The molecular formula is C22H20F3N3O4S. The first-order valence-electron chi connectivity index (χ1n) is 9.93. The van der Waals surface area contributed by atoms with Gasteiger partial charge in [-0.2, -0.15) is 17.5 Å². The van der Waals surface area contributed by atoms with Gasteiger partial charge in [0.15, 0.2) is 12.4 Å². The van der Waals surface area contributed by atoms with Crippen molar-refractivity contribution in [3.8, 4) is 17.0 Å². The summed E-state index contributed by atoms with van der Waals surface area (Å²) >= 11 is 0. The standard InChI is InChI=1S/C22H20F3N3O4S/c1-33(30,31)28-11-17-20(18(29)12-28)16(9-14-5-3-2-4-6-14)21(27-17)15-7-8-26-10-19(15)32-13-22(23,24)25/h2-8,10,27H,9,11-13H2,1H3. The fourth-order valence-electron chi connectivity index (χ4n) is 3.82. The number of fused-ring (bicyclic) bond motifs is 1. The Kier molecular flexibility index (Phi) is 6.02. The van der Waals surface area contributed by atoms with Gasteiger partial charge in [-0.25, -0.2) is 8.42 Å². The third-order valence-electron chi connectivity index (χ3n) is 5.25. The van der Waals surface area contributed by atoms with E-state index in [9.17, 15) is 26.4 Å². The van der Waals surface area contributed by atoms with Gasteiger partial charge in [0, 0.05) is 29.4 Å². The van der Waals surface area contributed by atoms with Crippen LogP contribution >= 0.6 is 0 Å². The van der Waals surface area contributed by atoms with Crippen molar-refractivity contribution in [2.75, 3.05) is 19.4 Å². The molecule has 1 aliphatic heterocycles. The molecule has 0 radical (unpaired) electrons. The Bertz CT molecular complexity index is 1290. The van der Waals surface area contributed by atoms with Crippen molar-refractivity contribution in [1.29, 1.82) is 0 Å². The number of hydrogen-bond donors (Lipinski definition) is 1. The summed E-state index contributed by atoms with van der Waals surface area (Å²) in [5, 5.41) is 0. The van der Waals surface area contributed by atoms with Crippen LogP contribution in [0.5, 0.6) is 5.75 Å². The van der Waals surface area contributed by atoms with Crippen LogP contribution in [0.2, 0.25) is 0 Å². The van der Waals surface area contributed by atoms with Crippen molar-refractivity contribution < 1.29 is 31.1 Å². The molecule has 2 aromatic heterocycles. The number of nitrogens with zero attached hydrogens (tertiary/aromatic N) is 2. The van der Waals surface area contributed by atoms with Gasteiger partial charge < -0.3 is 9.72 Å². The smallest absolute Gasteiger partial charge is 0.422 e. The SMILES string of the molecule is CS(=O)(=O)N1CC(=O)c2c([nH]c(-c3ccncc3OCC(F)(F)F)c2Cc2ccccc2)C1. The number of nitrogens with one attached hydrogen (secondary N) is 1. The molecule has 7 nitrogen and oxygen atoms in total. The topological polar surface area (TPSA) is 92.4 Å². The maximum Gasteiger partial charge on any atom is 0.422 e. The number of halogens is 3. The zero-order valence-electron chi connectivity index (χ0n) is 17.5. The molecule has 33 heavy (non-hydrogen) atoms. The molecule has 3 heterocycles. The molecule has 11 heteroatoms. The van der Waals surface area contributed by atoms with E-state index in [-0.39, 0.29) is 24.6 Å². The number of sulfonamides is 1. The predicted octanol–water partition coefficient (Wildman–Crippen LogP) is 3.57. The summed E-state index contributed by atoms with van der Waals surface area (Å²) in [7, 11) is -3.63. The molecule has 0 saturated heterocycles. The molecule has 174 valence electrons. The average molecular weight is 479 g/mol. The fraction of sp³-hybridized carbons (Fsp3) is 0.273. The van der Waals surface area contributed by atoms with Gasteiger partial charge in [0.25, 0.3) is 0 Å². The Labute approximate surface area is 188 Å². The van der Waals surface area contributed by atoms with Crippen molar-refractivity contribution in [2.24, 2.45) is 0 Å². The first-order valence-corrected chi connectivity index (χ1v) is 11.8. The molecule has 0 amide bonds. The highest BCUT2D eigenvalue weighted by Crippen LogP contribution is 2.38. The summed E-state index contributed by atoms with van der Waals surface area (Å²) in [6.07, 6.45) is -0.620. The number of pyridine rings is 1. The lowest BCUT2D eigenvalue weighted by Crippen LogP contribution is -2.38. The number of ether oxygens (including phenoxy) is 1. The first kappa shape index (κ1) is 23.0. The van der Waals surface area contributed by atoms with E-state index in [0.29, 0.717) is 34.5 Å². The van der Waals surface area contributed by atoms with E-state index >= 15 is 0 Å². The minimum Gasteiger partial charge on any atom is -0.482 e. The van der Waals surface area contributed by atoms with Crippen LogP contribution in [0.25, 0.3) is 11.3 Å². The number of carbonyl (C=O) groups is 1. The van der Waals surface area contributed by atoms with E-state index in [0.717, 1.165) is 16.1 Å². The molecular weight excluding hydrogens is 459 g/mol. The lowest BCUT2D eigenvalue weighted by molar-refractivity contribution is -0.153. The third kappa shape index (κ3) is 5.09. The molecule has 1 aliphatic rings. The zero-order chi connectivity index (χ0) is 23.8. The molecule has 0 fully saturated rings. The number of hydrogen-bond acceptors (Lipinski definition) is 5. The van der Waals surface area contributed by atoms with Crippen LogP contribution in [-0.2, 0) is 23.0 Å². The molecule has 0 spiro atoms. The summed E-state index contributed by atoms with van der Waals surface area (Å²) in [6.45, 7) is -1.86. The lowest BCUT2D eigenvalue weighted by atomic mass is 9.94. The van der Waals surface area contributed by atoms with Crippen LogP contribution in [0.15, 0.2) is 48.8 Å². The number of Topliss-reactive ketones (excluding diaryl/α,β-unsaturated/α-hetero) is 1. The van der Waals surface area contributed by atoms with E-state index in [2.05, 4.69) is 9.97 Å². The van der Waals surface area contributed by atoms with Crippen LogP contribution in [0.1, 0.15) is 27.2 Å². The van der Waals surface area contributed by atoms with Crippen LogP contribution in [0, 0.1) is 0 Å². The van der Waals surface area contributed by atoms with Gasteiger partial charge in [-0.3, -0.25) is 9.78 Å². The average Bonchev–Trinajstić information content (AvgIpc) is 3.11. The molecule has 0 atom stereocenters. The first-order chi connectivity index (χ1) is 15.5. The number of ketones is 1. The van der Waals surface area contributed by atoms with Gasteiger partial charge in [0.1, 0.15) is 5.75 Å². The summed E-state index contributed by atoms with van der Waals surface area (Å²) in [6, 6.07) is 10.8. The minimum atomic E-state index is -4.54. The summed E-state index contributed by atoms with van der Waals surface area (Å²) in [5.41, 5.74) is 2.88. The van der Waals surface area contributed by atoms with Crippen LogP contribution in [-0.4, -0.2) is 54.1 Å². The van der Waals surface area contributed by atoms with Gasteiger partial charge in [0.2, 0.25) is 10.0 Å². The Morgan fingerprint density at radius 1 is 1.15 bits per heavy atom. The quantitative estimate of drug-likeness (QED) is 0.584. The third-order valence-corrected chi connectivity index (χ3v) is 6.45. The van der Waals surface area contributed by atoms with E-state index in [1.54, 1.807) is 0 Å². The van der Waals surface area contributed by atoms with Crippen molar-refractivity contribution >= 4 is 15.8 Å². The highest BCUT2D eigenvalue weighted by molar-refractivity contribution is 7.88. The number of benzene rings is 1. The highest BCUT2D eigenvalue weighted by Gasteiger charge is 2.35. The normalized spacial score (nSPS) is 14.8. The second kappa shape index (κ2) is 8.64. The van der Waals surface area contributed by atoms with Crippen molar-refractivity contribution in [1.82, 2.24) is 14.3 Å². The molecule has 1 aromatic carbocycles. The molecule has 0 aliphatic carbocycles. The maximum atomic E-state index is 13.0. The Morgan fingerprint density at radius 3 is 2.55 bits per heavy atom. The number of carbonyl (C=O) groups excluding carboxylic acids is 1. The van der Waals surface area contributed by atoms with Gasteiger partial charge in [-0.15, -0.1) is 0 Å². The molecule has 4 rings (SSSR count). The zero-order valence-corrected chi connectivity index (χ0v) is 18.3. The number of H-pyrrole nitrogens is 1. The predicted molar refractivity (Wildman–Crippen MR) is 114 cm³/mol. The van der Waals surface area contributed by atoms with Crippen molar-refractivity contribution in [3.05, 3.63) is 71.2 Å². The second-order valence-corrected chi connectivity index (χ2v) is 9.71. The number of aromatic amines is 1. The fourth-order valence-corrected chi connectivity index (χ4v) is 4.54. The van der Waals surface area contributed by atoms with Gasteiger partial charge >= 0.3 is 6.18 Å². The summed E-state index contributed by atoms with van der Waals surface area (Å²) in [4.78, 5) is 20.0. The summed E-state index contributed by atoms with van der Waals surface area (Å²) in [5.74, 6) is -0.489. The molecule has 3 aromatic rings. The number of alkyl halides is 3. The minimum absolute atomic E-state index is 0.0501. The molecule has 0 unspecified atom stereocenters. The van der Waals surface area contributed by atoms with Crippen molar-refractivity contribution in [2.45, 2.75) is 19.1 Å². The van der Waals surface area contributed by atoms with Crippen LogP contribution < -0.4 is 4.74 Å². The van der Waals surface area contributed by atoms with E-state index in [1.807, 2.05) is 30.3 Å². The van der Waals surface area contributed by atoms with E-state index in [1.165, 1.54) is 18.5 Å². The Hall–Kier alpha value is -3.18. The highest BCUT2D eigenvalue weighted by atomic mass is 32.2. The van der Waals surface area contributed by atoms with E-state index < -0.39 is 22.8 Å². The summed E-state index contributed by atoms with van der Waals surface area (Å²) < 4.78 is 68.5. The van der Waals surface area contributed by atoms with Gasteiger partial charge in [0.05, 0.1) is 31.2 Å². The van der Waals surface area contributed by atoms with Crippen LogP contribution in [0.4, 0.5) is 13.2 Å². The van der Waals surface area contributed by atoms with Gasteiger partial charge in [-0.05, 0) is 17.2 Å². The largest absolute Gasteiger partial charge is 0.482 e. The number of rotatable bonds is 6. The monoisotopic (exact) mass is 479 g/mol. The molecule has 0 saturated carbocycles. The number of aromatic nitrogens is 2. The maximum absolute atomic E-state index is 13.0. The Morgan fingerprint density at radius 2 is 1.88 bits per heavy atom. The van der Waals surface area contributed by atoms with Crippen molar-refractivity contribution in [3.63, 3.8) is 0 Å². The molecule has 1 N–H and O–H groups in total. The lowest BCUT2D eigenvalue weighted by Gasteiger charge is -2.24. The van der Waals surface area contributed by atoms with Gasteiger partial charge in [-0.1, -0.05) is 30.3 Å².